The molecule has 1 aromatic rings. The van der Waals surface area contributed by atoms with Crippen molar-refractivity contribution in [2.45, 2.75) is 18.4 Å². The highest BCUT2D eigenvalue weighted by Gasteiger charge is 2.37. The van der Waals surface area contributed by atoms with Gasteiger partial charge in [0.2, 0.25) is 0 Å². The summed E-state index contributed by atoms with van der Waals surface area (Å²) in [6.07, 6.45) is 3.55. The fourth-order valence-corrected chi connectivity index (χ4v) is 3.48. The Morgan fingerprint density at radius 3 is 2.52 bits per heavy atom. The second-order valence-corrected chi connectivity index (χ2v) is 6.65. The van der Waals surface area contributed by atoms with Gasteiger partial charge in [0.05, 0.1) is 17.9 Å². The predicted molar refractivity (Wildman–Crippen MR) is 98.0 cm³/mol. The van der Waals surface area contributed by atoms with Gasteiger partial charge in [-0.05, 0) is 31.1 Å². The van der Waals surface area contributed by atoms with Crippen molar-refractivity contribution in [2.75, 3.05) is 32.8 Å². The number of aromatic hydroxyl groups is 1. The summed E-state index contributed by atoms with van der Waals surface area (Å²) < 4.78 is 6.02. The monoisotopic (exact) mass is 345 g/mol. The van der Waals surface area contributed by atoms with Crippen molar-refractivity contribution in [3.05, 3.63) is 47.4 Å². The van der Waals surface area contributed by atoms with E-state index in [9.17, 15) is 5.11 Å². The molecule has 0 bridgehead atoms. The molecule has 8 N–H and O–H groups in total. The standard InChI is InChI=1S/C18H27N5O2/c19-14(13-3-1-2-4-16(13)24)11-15(17(20)21)23-8-5-18(6-9-23)12-22-7-10-25-18/h1-4,11,22,24H,5-10,12,19-21H2/b14-11-. The molecule has 0 atom stereocenters. The van der Waals surface area contributed by atoms with E-state index in [0.29, 0.717) is 17.0 Å². The Labute approximate surface area is 148 Å². The number of benzene rings is 1. The fraction of sp³-hybridized carbons (Fsp3) is 0.444. The number of phenolic OH excluding ortho intramolecular Hbond substituents is 1. The molecule has 2 saturated heterocycles. The summed E-state index contributed by atoms with van der Waals surface area (Å²) in [4.78, 5) is 2.13. The van der Waals surface area contributed by atoms with Gasteiger partial charge in [-0.25, -0.2) is 0 Å². The van der Waals surface area contributed by atoms with Gasteiger partial charge in [0.25, 0.3) is 0 Å². The highest BCUT2D eigenvalue weighted by atomic mass is 16.5. The van der Waals surface area contributed by atoms with E-state index in [1.807, 2.05) is 6.07 Å². The number of nitrogens with two attached hydrogens (primary N) is 3. The summed E-state index contributed by atoms with van der Waals surface area (Å²) in [7, 11) is 0. The average Bonchev–Trinajstić information content (AvgIpc) is 2.61. The number of rotatable bonds is 3. The van der Waals surface area contributed by atoms with Gasteiger partial charge in [-0.15, -0.1) is 0 Å². The molecule has 1 aromatic carbocycles. The second-order valence-electron chi connectivity index (χ2n) is 6.65. The van der Waals surface area contributed by atoms with Crippen molar-refractivity contribution < 1.29 is 9.84 Å². The highest BCUT2D eigenvalue weighted by molar-refractivity contribution is 5.69. The number of morpholine rings is 1. The number of nitrogens with zero attached hydrogens (tertiary/aromatic N) is 1. The first kappa shape index (κ1) is 17.4. The van der Waals surface area contributed by atoms with Crippen molar-refractivity contribution in [1.82, 2.24) is 10.2 Å². The molecule has 3 rings (SSSR count). The van der Waals surface area contributed by atoms with Gasteiger partial charge in [-0.3, -0.25) is 0 Å². The van der Waals surface area contributed by atoms with Gasteiger partial charge in [-0.1, -0.05) is 12.1 Å². The number of piperidine rings is 1. The highest BCUT2D eigenvalue weighted by Crippen LogP contribution is 2.30. The van der Waals surface area contributed by atoms with E-state index in [0.717, 1.165) is 45.6 Å². The van der Waals surface area contributed by atoms with Crippen LogP contribution in [0.3, 0.4) is 0 Å². The van der Waals surface area contributed by atoms with Crippen LogP contribution < -0.4 is 22.5 Å². The van der Waals surface area contributed by atoms with Crippen molar-refractivity contribution in [1.29, 1.82) is 0 Å². The van der Waals surface area contributed by atoms with Crippen LogP contribution in [0, 0.1) is 0 Å². The van der Waals surface area contributed by atoms with Crippen LogP contribution in [0.2, 0.25) is 0 Å². The Kier molecular flexibility index (Phi) is 5.06. The maximum atomic E-state index is 9.97. The van der Waals surface area contributed by atoms with Gasteiger partial charge < -0.3 is 37.3 Å². The molecule has 0 aliphatic carbocycles. The topological polar surface area (TPSA) is 123 Å². The molecule has 7 nitrogen and oxygen atoms in total. The van der Waals surface area contributed by atoms with Crippen LogP contribution in [0.15, 0.2) is 41.9 Å². The van der Waals surface area contributed by atoms with Gasteiger partial charge in [-0.2, -0.15) is 0 Å². The van der Waals surface area contributed by atoms with E-state index < -0.39 is 0 Å². The zero-order valence-electron chi connectivity index (χ0n) is 14.4. The van der Waals surface area contributed by atoms with Crippen LogP contribution in [0.4, 0.5) is 0 Å². The minimum absolute atomic E-state index is 0.0871. The van der Waals surface area contributed by atoms with Gasteiger partial charge in [0.15, 0.2) is 0 Å². The SMILES string of the molecule is NC(N)=C(/C=C(\N)c1ccccc1O)N1CCC2(CC1)CNCCO2. The van der Waals surface area contributed by atoms with E-state index in [4.69, 9.17) is 21.9 Å². The first-order chi connectivity index (χ1) is 12.0. The van der Waals surface area contributed by atoms with Crippen molar-refractivity contribution in [3.63, 3.8) is 0 Å². The van der Waals surface area contributed by atoms with Gasteiger partial charge in [0, 0.05) is 37.4 Å². The molecule has 2 heterocycles. The summed E-state index contributed by atoms with van der Waals surface area (Å²) in [5.74, 6) is 0.350. The summed E-state index contributed by atoms with van der Waals surface area (Å²) in [6, 6.07) is 6.94. The zero-order chi connectivity index (χ0) is 17.9. The molecule has 136 valence electrons. The minimum atomic E-state index is -0.0871. The van der Waals surface area contributed by atoms with Gasteiger partial charge in [0.1, 0.15) is 11.6 Å². The molecule has 25 heavy (non-hydrogen) atoms. The van der Waals surface area contributed by atoms with Crippen LogP contribution in [-0.2, 0) is 4.74 Å². The number of hydrogen-bond acceptors (Lipinski definition) is 7. The zero-order valence-corrected chi connectivity index (χ0v) is 14.4. The van der Waals surface area contributed by atoms with Crippen LogP contribution in [-0.4, -0.2) is 48.4 Å². The number of hydrogen-bond donors (Lipinski definition) is 5. The minimum Gasteiger partial charge on any atom is -0.507 e. The lowest BCUT2D eigenvalue weighted by molar-refractivity contribution is -0.0958. The van der Waals surface area contributed by atoms with Crippen LogP contribution in [0.1, 0.15) is 18.4 Å². The molecule has 0 amide bonds. The molecule has 2 aliphatic heterocycles. The lowest BCUT2D eigenvalue weighted by Gasteiger charge is -2.45. The first-order valence-electron chi connectivity index (χ1n) is 8.61. The van der Waals surface area contributed by atoms with E-state index in [2.05, 4.69) is 10.2 Å². The number of phenols is 1. The Balaban J connectivity index is 1.76. The summed E-state index contributed by atoms with van der Waals surface area (Å²) >= 11 is 0. The van der Waals surface area contributed by atoms with Crippen LogP contribution in [0.25, 0.3) is 5.70 Å². The van der Waals surface area contributed by atoms with E-state index >= 15 is 0 Å². The first-order valence-corrected chi connectivity index (χ1v) is 8.61. The second kappa shape index (κ2) is 7.25. The Bertz CT molecular complexity index is 666. The fourth-order valence-electron chi connectivity index (χ4n) is 3.48. The molecule has 0 radical (unpaired) electrons. The molecule has 0 unspecified atom stereocenters. The van der Waals surface area contributed by atoms with Crippen LogP contribution in [0.5, 0.6) is 5.75 Å². The van der Waals surface area contributed by atoms with Crippen LogP contribution >= 0.6 is 0 Å². The summed E-state index contributed by atoms with van der Waals surface area (Å²) in [6.45, 7) is 4.13. The maximum Gasteiger partial charge on any atom is 0.124 e. The third kappa shape index (κ3) is 3.83. The number of likely N-dealkylation sites (tertiary alicyclic amines) is 1. The largest absolute Gasteiger partial charge is 0.507 e. The quantitative estimate of drug-likeness (QED) is 0.497. The number of allylic oxidation sites excluding steroid dienone is 1. The summed E-state index contributed by atoms with van der Waals surface area (Å²) in [5.41, 5.74) is 19.6. The molecular weight excluding hydrogens is 318 g/mol. The Hall–Kier alpha value is -2.38. The average molecular weight is 345 g/mol. The molecule has 0 saturated carbocycles. The van der Waals surface area contributed by atoms with Crippen molar-refractivity contribution >= 4 is 5.70 Å². The molecule has 2 fully saturated rings. The summed E-state index contributed by atoms with van der Waals surface area (Å²) in [5, 5.41) is 13.4. The predicted octanol–water partition coefficient (Wildman–Crippen LogP) is 0.233. The van der Waals surface area contributed by atoms with E-state index in [-0.39, 0.29) is 17.2 Å². The number of para-hydroxylation sites is 1. The third-order valence-corrected chi connectivity index (χ3v) is 4.95. The van der Waals surface area contributed by atoms with E-state index in [1.54, 1.807) is 24.3 Å². The molecule has 7 heteroatoms. The van der Waals surface area contributed by atoms with E-state index in [1.165, 1.54) is 0 Å². The molecule has 2 aliphatic rings. The lowest BCUT2D eigenvalue weighted by Crippen LogP contribution is -2.55. The normalized spacial score (nSPS) is 20.5. The van der Waals surface area contributed by atoms with Crippen molar-refractivity contribution in [2.24, 2.45) is 17.2 Å². The third-order valence-electron chi connectivity index (χ3n) is 4.95. The van der Waals surface area contributed by atoms with Gasteiger partial charge >= 0.3 is 0 Å². The lowest BCUT2D eigenvalue weighted by atomic mass is 9.89. The number of nitrogens with one attached hydrogen (secondary N) is 1. The molecule has 1 spiro atoms. The smallest absolute Gasteiger partial charge is 0.124 e. The Morgan fingerprint density at radius 2 is 1.92 bits per heavy atom. The molecule has 0 aromatic heterocycles. The van der Waals surface area contributed by atoms with Crippen molar-refractivity contribution in [3.8, 4) is 5.75 Å². The maximum absolute atomic E-state index is 9.97. The number of ether oxygens (including phenoxy) is 1. The Morgan fingerprint density at radius 1 is 1.20 bits per heavy atom. The molecular formula is C18H27N5O2.